The van der Waals surface area contributed by atoms with E-state index in [0.717, 1.165) is 12.8 Å². The normalized spacial score (nSPS) is 15.4. The van der Waals surface area contributed by atoms with Gasteiger partial charge in [-0.1, -0.05) is 11.6 Å². The molecule has 3 nitrogen and oxygen atoms in total. The summed E-state index contributed by atoms with van der Waals surface area (Å²) in [4.78, 5) is 26.6. The Bertz CT molecular complexity index is 538. The number of pyridine rings is 1. The molecule has 0 saturated heterocycles. The zero-order valence-electron chi connectivity index (χ0n) is 9.63. The van der Waals surface area contributed by atoms with Crippen molar-refractivity contribution in [3.05, 3.63) is 28.5 Å². The van der Waals surface area contributed by atoms with Gasteiger partial charge in [-0.3, -0.25) is 14.6 Å². The van der Waals surface area contributed by atoms with E-state index < -0.39 is 17.5 Å². The molecule has 0 atom stereocenters. The van der Waals surface area contributed by atoms with Gasteiger partial charge in [0.05, 0.1) is 17.0 Å². The minimum Gasteiger partial charge on any atom is -0.299 e. The smallest absolute Gasteiger partial charge is 0.299 e. The van der Waals surface area contributed by atoms with Gasteiger partial charge < -0.3 is 0 Å². The number of aromatic nitrogens is 1. The highest BCUT2D eigenvalue weighted by atomic mass is 35.5. The van der Waals surface area contributed by atoms with Gasteiger partial charge in [0, 0.05) is 12.1 Å². The lowest BCUT2D eigenvalue weighted by atomic mass is 10.1. The highest BCUT2D eigenvalue weighted by Crippen LogP contribution is 2.33. The molecular formula is C12H9ClF3NO2. The molecular weight excluding hydrogens is 283 g/mol. The van der Waals surface area contributed by atoms with Crippen LogP contribution in [0.2, 0.25) is 5.02 Å². The zero-order chi connectivity index (χ0) is 14.2. The third kappa shape index (κ3) is 3.32. The quantitative estimate of drug-likeness (QED) is 0.631. The standard InChI is InChI=1S/C12H9ClF3NO2/c13-8-3-7(12(14,15)16)5-17-11(8)10(19)4-9(18)6-1-2-6/h3,5-6H,1-2,4H2. The van der Waals surface area contributed by atoms with Gasteiger partial charge in [0.2, 0.25) is 0 Å². The number of rotatable bonds is 4. The fourth-order valence-corrected chi connectivity index (χ4v) is 1.86. The van der Waals surface area contributed by atoms with Crippen molar-refractivity contribution in [1.82, 2.24) is 4.98 Å². The lowest BCUT2D eigenvalue weighted by molar-refractivity contribution is -0.137. The Balaban J connectivity index is 2.16. The maximum absolute atomic E-state index is 12.4. The van der Waals surface area contributed by atoms with Crippen LogP contribution in [0.3, 0.4) is 0 Å². The highest BCUT2D eigenvalue weighted by Gasteiger charge is 2.34. The first kappa shape index (κ1) is 14.0. The first-order chi connectivity index (χ1) is 8.79. The Kier molecular flexibility index (Phi) is 3.62. The van der Waals surface area contributed by atoms with Crippen LogP contribution >= 0.6 is 11.6 Å². The van der Waals surface area contributed by atoms with Gasteiger partial charge in [0.15, 0.2) is 5.78 Å². The van der Waals surface area contributed by atoms with Crippen LogP contribution in [0.15, 0.2) is 12.3 Å². The van der Waals surface area contributed by atoms with Crippen LogP contribution in [0.5, 0.6) is 0 Å². The van der Waals surface area contributed by atoms with Crippen molar-refractivity contribution >= 4 is 23.2 Å². The van der Waals surface area contributed by atoms with E-state index in [1.807, 2.05) is 0 Å². The number of ketones is 2. The van der Waals surface area contributed by atoms with Crippen molar-refractivity contribution in [2.24, 2.45) is 5.92 Å². The average molecular weight is 292 g/mol. The molecule has 2 rings (SSSR count). The average Bonchev–Trinajstić information content (AvgIpc) is 3.10. The van der Waals surface area contributed by atoms with Crippen molar-refractivity contribution in [3.63, 3.8) is 0 Å². The molecule has 7 heteroatoms. The van der Waals surface area contributed by atoms with Crippen molar-refractivity contribution in [1.29, 1.82) is 0 Å². The number of alkyl halides is 3. The predicted molar refractivity (Wildman–Crippen MR) is 60.9 cm³/mol. The van der Waals surface area contributed by atoms with Crippen molar-refractivity contribution in [2.45, 2.75) is 25.4 Å². The molecule has 19 heavy (non-hydrogen) atoms. The summed E-state index contributed by atoms with van der Waals surface area (Å²) < 4.78 is 37.2. The summed E-state index contributed by atoms with van der Waals surface area (Å²) in [6.07, 6.45) is -2.86. The maximum Gasteiger partial charge on any atom is 0.417 e. The molecule has 0 aliphatic heterocycles. The SMILES string of the molecule is O=C(CC(=O)C1CC1)c1ncc(C(F)(F)F)cc1Cl. The number of hydrogen-bond donors (Lipinski definition) is 0. The molecule has 0 bridgehead atoms. The van der Waals surface area contributed by atoms with Crippen LogP contribution in [0.25, 0.3) is 0 Å². The third-order valence-electron chi connectivity index (χ3n) is 2.80. The van der Waals surface area contributed by atoms with Crippen LogP contribution in [0, 0.1) is 5.92 Å². The summed E-state index contributed by atoms with van der Waals surface area (Å²) in [5, 5.41) is -0.386. The summed E-state index contributed by atoms with van der Waals surface area (Å²) in [6, 6.07) is 0.642. The van der Waals surface area contributed by atoms with Crippen LogP contribution in [-0.4, -0.2) is 16.6 Å². The highest BCUT2D eigenvalue weighted by molar-refractivity contribution is 6.34. The summed E-state index contributed by atoms with van der Waals surface area (Å²) in [7, 11) is 0. The maximum atomic E-state index is 12.4. The minimum atomic E-state index is -4.57. The second-order valence-electron chi connectivity index (χ2n) is 4.39. The van der Waals surface area contributed by atoms with Gasteiger partial charge in [-0.2, -0.15) is 13.2 Å². The van der Waals surface area contributed by atoms with Crippen LogP contribution < -0.4 is 0 Å². The lowest BCUT2D eigenvalue weighted by Gasteiger charge is -2.08. The Labute approximate surface area is 111 Å². The number of hydrogen-bond acceptors (Lipinski definition) is 3. The first-order valence-corrected chi connectivity index (χ1v) is 5.95. The van der Waals surface area contributed by atoms with Crippen molar-refractivity contribution in [3.8, 4) is 0 Å². The second-order valence-corrected chi connectivity index (χ2v) is 4.80. The van der Waals surface area contributed by atoms with Crippen molar-refractivity contribution in [2.75, 3.05) is 0 Å². The number of halogens is 4. The Morgan fingerprint density at radius 3 is 2.47 bits per heavy atom. The van der Waals surface area contributed by atoms with E-state index in [-0.39, 0.29) is 28.8 Å². The number of nitrogens with zero attached hydrogens (tertiary/aromatic N) is 1. The molecule has 1 aromatic rings. The van der Waals surface area contributed by atoms with Gasteiger partial charge in [-0.15, -0.1) is 0 Å². The number of carbonyl (C=O) groups is 2. The van der Waals surface area contributed by atoms with Crippen LogP contribution in [-0.2, 0) is 11.0 Å². The molecule has 0 radical (unpaired) electrons. The molecule has 1 saturated carbocycles. The van der Waals surface area contributed by atoms with Crippen LogP contribution in [0.1, 0.15) is 35.3 Å². The molecule has 1 aliphatic rings. The van der Waals surface area contributed by atoms with E-state index in [1.165, 1.54) is 0 Å². The van der Waals surface area contributed by atoms with E-state index in [4.69, 9.17) is 11.6 Å². The Hall–Kier alpha value is -1.43. The molecule has 1 fully saturated rings. The first-order valence-electron chi connectivity index (χ1n) is 5.57. The summed E-state index contributed by atoms with van der Waals surface area (Å²) in [5.41, 5.74) is -1.31. The van der Waals surface area contributed by atoms with Gasteiger partial charge in [-0.25, -0.2) is 0 Å². The van der Waals surface area contributed by atoms with E-state index >= 15 is 0 Å². The second kappa shape index (κ2) is 4.92. The van der Waals surface area contributed by atoms with E-state index in [0.29, 0.717) is 12.3 Å². The molecule has 0 amide bonds. The third-order valence-corrected chi connectivity index (χ3v) is 3.09. The monoisotopic (exact) mass is 291 g/mol. The zero-order valence-corrected chi connectivity index (χ0v) is 10.4. The Morgan fingerprint density at radius 2 is 2.00 bits per heavy atom. The van der Waals surface area contributed by atoms with Gasteiger partial charge >= 0.3 is 6.18 Å². The molecule has 0 aromatic carbocycles. The van der Waals surface area contributed by atoms with Gasteiger partial charge in [0.1, 0.15) is 11.5 Å². The molecule has 1 aromatic heterocycles. The summed E-state index contributed by atoms with van der Waals surface area (Å²) in [5.74, 6) is -0.935. The molecule has 1 heterocycles. The van der Waals surface area contributed by atoms with Crippen molar-refractivity contribution < 1.29 is 22.8 Å². The van der Waals surface area contributed by atoms with Gasteiger partial charge in [-0.05, 0) is 18.9 Å². The topological polar surface area (TPSA) is 47.0 Å². The number of carbonyl (C=O) groups excluding carboxylic acids is 2. The van der Waals surface area contributed by atoms with E-state index in [1.54, 1.807) is 0 Å². The number of Topliss-reactive ketones (excluding diaryl/α,β-unsaturated/α-hetero) is 2. The fraction of sp³-hybridized carbons (Fsp3) is 0.417. The van der Waals surface area contributed by atoms with E-state index in [2.05, 4.69) is 4.98 Å². The molecule has 0 unspecified atom stereocenters. The van der Waals surface area contributed by atoms with Gasteiger partial charge in [0.25, 0.3) is 0 Å². The minimum absolute atomic E-state index is 0.0860. The molecule has 0 spiro atoms. The fourth-order valence-electron chi connectivity index (χ4n) is 1.59. The largest absolute Gasteiger partial charge is 0.417 e. The van der Waals surface area contributed by atoms with Crippen LogP contribution in [0.4, 0.5) is 13.2 Å². The molecule has 102 valence electrons. The molecule has 0 N–H and O–H groups in total. The summed E-state index contributed by atoms with van der Waals surface area (Å²) in [6.45, 7) is 0. The summed E-state index contributed by atoms with van der Waals surface area (Å²) >= 11 is 5.61. The van der Waals surface area contributed by atoms with E-state index in [9.17, 15) is 22.8 Å². The predicted octanol–water partition coefficient (Wildman–Crippen LogP) is 3.31. The molecule has 1 aliphatic carbocycles. The lowest BCUT2D eigenvalue weighted by Crippen LogP contribution is -2.13. The Morgan fingerprint density at radius 1 is 1.37 bits per heavy atom.